The third kappa shape index (κ3) is 4.90. The van der Waals surface area contributed by atoms with E-state index in [1.165, 1.54) is 70.6 Å². The third-order valence-corrected chi connectivity index (χ3v) is 5.27. The van der Waals surface area contributed by atoms with Crippen molar-refractivity contribution in [2.45, 2.75) is 84.5 Å². The normalized spacial score (nSPS) is 27.7. The summed E-state index contributed by atoms with van der Waals surface area (Å²) in [4.78, 5) is 0. The summed E-state index contributed by atoms with van der Waals surface area (Å²) in [6.45, 7) is 5.52. The molecule has 1 heterocycles. The largest absolute Gasteiger partial charge is 0.497 e. The van der Waals surface area contributed by atoms with Crippen LogP contribution in [0.25, 0.3) is 0 Å². The van der Waals surface area contributed by atoms with Gasteiger partial charge in [-0.15, -0.1) is 0 Å². The second-order valence-corrected chi connectivity index (χ2v) is 6.91. The molecule has 0 fully saturated rings. The molecule has 21 heavy (non-hydrogen) atoms. The van der Waals surface area contributed by atoms with E-state index in [0.717, 1.165) is 18.4 Å². The van der Waals surface area contributed by atoms with Crippen LogP contribution in [0.2, 0.25) is 0 Å². The molecule has 2 aliphatic rings. The van der Waals surface area contributed by atoms with E-state index in [-0.39, 0.29) is 0 Å². The van der Waals surface area contributed by atoms with E-state index in [4.69, 9.17) is 4.74 Å². The predicted molar refractivity (Wildman–Crippen MR) is 91.2 cm³/mol. The summed E-state index contributed by atoms with van der Waals surface area (Å²) in [5.41, 5.74) is 3.31. The van der Waals surface area contributed by atoms with Crippen LogP contribution in [0, 0.1) is 11.8 Å². The van der Waals surface area contributed by atoms with Crippen LogP contribution in [0.5, 0.6) is 0 Å². The molecular formula is C20H34O. The maximum atomic E-state index is 5.70. The van der Waals surface area contributed by atoms with Crippen LogP contribution >= 0.6 is 0 Å². The standard InChI is InChI=1S/C20H34O/c1-3-10-17-12-8-6-5-7-9-13-18(11-4-2)20-16-21-15-14-19(17)20/h14-15,17-18H,3-13,16H2,1-2H3. The van der Waals surface area contributed by atoms with E-state index in [2.05, 4.69) is 19.9 Å². The molecule has 120 valence electrons. The van der Waals surface area contributed by atoms with Gasteiger partial charge in [-0.25, -0.2) is 0 Å². The Morgan fingerprint density at radius 2 is 1.52 bits per heavy atom. The Hall–Kier alpha value is -0.720. The van der Waals surface area contributed by atoms with E-state index >= 15 is 0 Å². The highest BCUT2D eigenvalue weighted by molar-refractivity contribution is 5.32. The molecule has 1 heteroatoms. The Morgan fingerprint density at radius 3 is 2.24 bits per heavy atom. The molecule has 0 amide bonds. The van der Waals surface area contributed by atoms with Crippen molar-refractivity contribution in [3.05, 3.63) is 23.5 Å². The summed E-state index contributed by atoms with van der Waals surface area (Å²) >= 11 is 0. The van der Waals surface area contributed by atoms with E-state index < -0.39 is 0 Å². The number of hydrogen-bond acceptors (Lipinski definition) is 1. The van der Waals surface area contributed by atoms with Crippen molar-refractivity contribution in [2.75, 3.05) is 6.61 Å². The number of rotatable bonds is 4. The van der Waals surface area contributed by atoms with E-state index in [0.29, 0.717) is 0 Å². The van der Waals surface area contributed by atoms with Gasteiger partial charge in [0.15, 0.2) is 0 Å². The van der Waals surface area contributed by atoms with Gasteiger partial charge < -0.3 is 4.74 Å². The minimum absolute atomic E-state index is 0.771. The van der Waals surface area contributed by atoms with Crippen LogP contribution in [-0.2, 0) is 4.74 Å². The first-order chi connectivity index (χ1) is 10.4. The Morgan fingerprint density at radius 1 is 0.905 bits per heavy atom. The van der Waals surface area contributed by atoms with Gasteiger partial charge in [0.2, 0.25) is 0 Å². The van der Waals surface area contributed by atoms with Gasteiger partial charge in [-0.1, -0.05) is 58.8 Å². The topological polar surface area (TPSA) is 9.23 Å². The van der Waals surface area contributed by atoms with Crippen molar-refractivity contribution < 1.29 is 4.74 Å². The summed E-state index contributed by atoms with van der Waals surface area (Å²) < 4.78 is 5.70. The molecule has 0 saturated carbocycles. The van der Waals surface area contributed by atoms with E-state index in [1.54, 1.807) is 11.1 Å². The Kier molecular flexibility index (Phi) is 7.39. The van der Waals surface area contributed by atoms with Gasteiger partial charge in [-0.2, -0.15) is 0 Å². The van der Waals surface area contributed by atoms with E-state index in [9.17, 15) is 0 Å². The first kappa shape index (κ1) is 16.6. The van der Waals surface area contributed by atoms with Gasteiger partial charge in [0.05, 0.1) is 6.26 Å². The van der Waals surface area contributed by atoms with Crippen molar-refractivity contribution in [3.63, 3.8) is 0 Å². The van der Waals surface area contributed by atoms with Crippen molar-refractivity contribution in [2.24, 2.45) is 11.8 Å². The molecule has 1 aliphatic carbocycles. The third-order valence-electron chi connectivity index (χ3n) is 5.27. The summed E-state index contributed by atoms with van der Waals surface area (Å²) in [6, 6.07) is 0. The lowest BCUT2D eigenvalue weighted by molar-refractivity contribution is 0.250. The zero-order chi connectivity index (χ0) is 14.9. The molecule has 1 aliphatic heterocycles. The Balaban J connectivity index is 2.26. The Labute approximate surface area is 131 Å². The fourth-order valence-corrected chi connectivity index (χ4v) is 4.16. The molecule has 0 saturated heterocycles. The monoisotopic (exact) mass is 290 g/mol. The fraction of sp³-hybridized carbons (Fsp3) is 0.800. The molecule has 0 N–H and O–H groups in total. The predicted octanol–water partition coefficient (Wildman–Crippen LogP) is 6.40. The smallest absolute Gasteiger partial charge is 0.109 e. The number of hydrogen-bond donors (Lipinski definition) is 0. The molecule has 0 spiro atoms. The van der Waals surface area contributed by atoms with Gasteiger partial charge in [-0.3, -0.25) is 0 Å². The second kappa shape index (κ2) is 9.33. The molecule has 0 aromatic heterocycles. The molecule has 0 bridgehead atoms. The van der Waals surface area contributed by atoms with Crippen LogP contribution in [-0.4, -0.2) is 6.61 Å². The second-order valence-electron chi connectivity index (χ2n) is 6.91. The average Bonchev–Trinajstić information content (AvgIpc) is 2.54. The molecular weight excluding hydrogens is 256 g/mol. The van der Waals surface area contributed by atoms with Gasteiger partial charge in [0.25, 0.3) is 0 Å². The maximum absolute atomic E-state index is 5.70. The van der Waals surface area contributed by atoms with Gasteiger partial charge in [0, 0.05) is 0 Å². The van der Waals surface area contributed by atoms with Crippen molar-refractivity contribution >= 4 is 0 Å². The van der Waals surface area contributed by atoms with Gasteiger partial charge >= 0.3 is 0 Å². The lowest BCUT2D eigenvalue weighted by atomic mass is 9.80. The molecule has 2 rings (SSSR count). The van der Waals surface area contributed by atoms with Crippen LogP contribution in [0.3, 0.4) is 0 Å². The molecule has 1 nitrogen and oxygen atoms in total. The van der Waals surface area contributed by atoms with Crippen molar-refractivity contribution in [3.8, 4) is 0 Å². The average molecular weight is 290 g/mol. The minimum Gasteiger partial charge on any atom is -0.497 e. The van der Waals surface area contributed by atoms with Gasteiger partial charge in [0.1, 0.15) is 6.61 Å². The molecule has 0 aromatic rings. The van der Waals surface area contributed by atoms with Crippen LogP contribution in [0.1, 0.15) is 84.5 Å². The number of ether oxygens (including phenoxy) is 1. The highest BCUT2D eigenvalue weighted by Crippen LogP contribution is 2.36. The maximum Gasteiger partial charge on any atom is 0.109 e. The minimum atomic E-state index is 0.771. The van der Waals surface area contributed by atoms with Crippen LogP contribution < -0.4 is 0 Å². The summed E-state index contributed by atoms with van der Waals surface area (Å²) in [5, 5.41) is 0. The van der Waals surface area contributed by atoms with Crippen molar-refractivity contribution in [1.29, 1.82) is 0 Å². The highest BCUT2D eigenvalue weighted by atomic mass is 16.5. The number of allylic oxidation sites excluding steroid dienone is 2. The highest BCUT2D eigenvalue weighted by Gasteiger charge is 2.24. The van der Waals surface area contributed by atoms with Crippen LogP contribution in [0.4, 0.5) is 0 Å². The van der Waals surface area contributed by atoms with Crippen LogP contribution in [0.15, 0.2) is 23.5 Å². The fourth-order valence-electron chi connectivity index (χ4n) is 4.16. The lowest BCUT2D eigenvalue weighted by Gasteiger charge is -2.29. The Bertz CT molecular complexity index is 353. The quantitative estimate of drug-likeness (QED) is 0.581. The summed E-state index contributed by atoms with van der Waals surface area (Å²) in [6.07, 6.45) is 19.4. The van der Waals surface area contributed by atoms with Gasteiger partial charge in [-0.05, 0) is 54.7 Å². The molecule has 2 atom stereocenters. The molecule has 0 radical (unpaired) electrons. The lowest BCUT2D eigenvalue weighted by Crippen LogP contribution is -2.18. The first-order valence-corrected chi connectivity index (χ1v) is 9.37. The first-order valence-electron chi connectivity index (χ1n) is 9.37. The zero-order valence-electron chi connectivity index (χ0n) is 14.2. The zero-order valence-corrected chi connectivity index (χ0v) is 14.2. The summed E-state index contributed by atoms with van der Waals surface area (Å²) in [5.74, 6) is 1.55. The SMILES string of the molecule is CCCC1CCCCCCCC(CCC)C2=C1C=COC2. The summed E-state index contributed by atoms with van der Waals surface area (Å²) in [7, 11) is 0. The van der Waals surface area contributed by atoms with E-state index in [1.807, 2.05) is 6.26 Å². The molecule has 2 unspecified atom stereocenters. The van der Waals surface area contributed by atoms with Crippen molar-refractivity contribution in [1.82, 2.24) is 0 Å². The molecule has 0 aromatic carbocycles.